The second-order valence-corrected chi connectivity index (χ2v) is 9.49. The minimum absolute atomic E-state index is 0.183. The number of carbonyl (C=O) groups excluding carboxylic acids is 2. The second-order valence-electron chi connectivity index (χ2n) is 7.45. The highest BCUT2D eigenvalue weighted by molar-refractivity contribution is 14.2. The summed E-state index contributed by atoms with van der Waals surface area (Å²) in [5, 5.41) is 11.9. The average molecular weight is 540 g/mol. The zero-order chi connectivity index (χ0) is 21.4. The minimum Gasteiger partial charge on any atom is -0.383 e. The van der Waals surface area contributed by atoms with Gasteiger partial charge < -0.3 is 16.0 Å². The Bertz CT molecular complexity index is 1110. The first-order chi connectivity index (χ1) is 14.4. The van der Waals surface area contributed by atoms with Gasteiger partial charge in [0.05, 0.1) is 41.6 Å². The number of anilines is 2. The van der Waals surface area contributed by atoms with E-state index in [1.54, 1.807) is 26.4 Å². The molecule has 1 fully saturated rings. The molecule has 1 unspecified atom stereocenters. The second kappa shape index (κ2) is 8.46. The van der Waals surface area contributed by atoms with Gasteiger partial charge in [0.1, 0.15) is 11.3 Å². The molecule has 10 nitrogen and oxygen atoms in total. The van der Waals surface area contributed by atoms with E-state index >= 15 is 0 Å². The molecular formula is C18H22IN8O2P. The number of aryl methyl sites for hydroxylation is 1. The summed E-state index contributed by atoms with van der Waals surface area (Å²) in [5.74, 6) is -0.622. The van der Waals surface area contributed by atoms with Crippen LogP contribution in [0.4, 0.5) is 11.5 Å². The molecule has 1 aliphatic heterocycles. The molecule has 1 aliphatic rings. The molecule has 1 saturated heterocycles. The van der Waals surface area contributed by atoms with Gasteiger partial charge in [-0.1, -0.05) is 6.92 Å². The summed E-state index contributed by atoms with van der Waals surface area (Å²) in [5.41, 5.74) is 7.94. The molecule has 3 atom stereocenters. The predicted octanol–water partition coefficient (Wildman–Crippen LogP) is 2.48. The van der Waals surface area contributed by atoms with E-state index < -0.39 is 11.8 Å². The van der Waals surface area contributed by atoms with Crippen LogP contribution in [0.3, 0.4) is 0 Å². The predicted molar refractivity (Wildman–Crippen MR) is 124 cm³/mol. The molecule has 12 heteroatoms. The number of hydrogen-bond acceptors (Lipinski definition) is 6. The number of piperidine rings is 1. The first-order valence-electron chi connectivity index (χ1n) is 9.49. The number of pyridine rings is 1. The number of rotatable bonds is 3. The Hall–Kier alpha value is -2.27. The zero-order valence-electron chi connectivity index (χ0n) is 16.5. The van der Waals surface area contributed by atoms with Crippen LogP contribution in [0.1, 0.15) is 31.5 Å². The number of nitrogens with one attached hydrogen (secondary N) is 1. The van der Waals surface area contributed by atoms with Gasteiger partial charge >= 0.3 is 11.8 Å². The Labute approximate surface area is 187 Å². The van der Waals surface area contributed by atoms with Crippen LogP contribution in [-0.2, 0) is 16.6 Å². The molecule has 0 radical (unpaired) electrons. The number of nitrogen functional groups attached to an aromatic ring is 1. The summed E-state index contributed by atoms with van der Waals surface area (Å²) in [6, 6.07) is 1.71. The standard InChI is InChI=1S/C18H22IN8O2P/c1-10-3-4-14(13-5-6-22-25(13)2)26(9-10)18(29)17(28)24-12-8-21-16(20)11-7-23-27(30-19)15(11)12/h5-8,10,14,30H,3-4,9H2,1-2H3,(H2,20,21)(H,24,28)/t10-,14-/m1/s1. The average Bonchev–Trinajstić information content (AvgIpc) is 3.36. The summed E-state index contributed by atoms with van der Waals surface area (Å²) in [6.07, 6.45) is 6.87. The van der Waals surface area contributed by atoms with Crippen LogP contribution in [0.5, 0.6) is 0 Å². The zero-order valence-corrected chi connectivity index (χ0v) is 19.7. The van der Waals surface area contributed by atoms with Gasteiger partial charge in [0.25, 0.3) is 0 Å². The van der Waals surface area contributed by atoms with Gasteiger partial charge in [-0.3, -0.25) is 14.3 Å². The third kappa shape index (κ3) is 3.76. The third-order valence-electron chi connectivity index (χ3n) is 5.43. The maximum atomic E-state index is 13.2. The fourth-order valence-corrected chi connectivity index (χ4v) is 5.44. The van der Waals surface area contributed by atoms with Crippen LogP contribution in [-0.4, -0.2) is 47.6 Å². The van der Waals surface area contributed by atoms with E-state index in [0.717, 1.165) is 18.5 Å². The van der Waals surface area contributed by atoms with Crippen molar-refractivity contribution in [1.82, 2.24) is 29.2 Å². The lowest BCUT2D eigenvalue weighted by atomic mass is 9.92. The first-order valence-corrected chi connectivity index (χ1v) is 13.6. The summed E-state index contributed by atoms with van der Waals surface area (Å²) in [6.45, 7) is 2.61. The van der Waals surface area contributed by atoms with Crippen LogP contribution in [0.25, 0.3) is 10.9 Å². The number of nitrogens with zero attached hydrogens (tertiary/aromatic N) is 6. The smallest absolute Gasteiger partial charge is 0.314 e. The van der Waals surface area contributed by atoms with Crippen LogP contribution in [0.2, 0.25) is 0 Å². The van der Waals surface area contributed by atoms with Crippen molar-refractivity contribution in [3.05, 3.63) is 30.4 Å². The topological polar surface area (TPSA) is 124 Å². The number of carbonyl (C=O) groups is 2. The van der Waals surface area contributed by atoms with E-state index in [0.29, 0.717) is 41.2 Å². The number of amides is 2. The third-order valence-corrected chi connectivity index (χ3v) is 7.30. The maximum absolute atomic E-state index is 13.2. The van der Waals surface area contributed by atoms with E-state index in [9.17, 15) is 9.59 Å². The van der Waals surface area contributed by atoms with Gasteiger partial charge in [-0.15, -0.1) is 0 Å². The summed E-state index contributed by atoms with van der Waals surface area (Å²) in [7, 11) is 1.85. The monoisotopic (exact) mass is 540 g/mol. The van der Waals surface area contributed by atoms with Crippen molar-refractivity contribution >= 4 is 62.6 Å². The Morgan fingerprint density at radius 2 is 2.10 bits per heavy atom. The van der Waals surface area contributed by atoms with Crippen LogP contribution in [0.15, 0.2) is 24.7 Å². The van der Waals surface area contributed by atoms with E-state index in [2.05, 4.69) is 49.5 Å². The van der Waals surface area contributed by atoms with Crippen molar-refractivity contribution in [3.8, 4) is 0 Å². The lowest BCUT2D eigenvalue weighted by Crippen LogP contribution is -2.47. The fourth-order valence-electron chi connectivity index (χ4n) is 3.92. The van der Waals surface area contributed by atoms with Gasteiger partial charge in [0.2, 0.25) is 0 Å². The lowest BCUT2D eigenvalue weighted by Gasteiger charge is -2.38. The van der Waals surface area contributed by atoms with Crippen LogP contribution in [0, 0.1) is 5.92 Å². The molecule has 0 spiro atoms. The van der Waals surface area contributed by atoms with E-state index in [1.165, 1.54) is 6.20 Å². The quantitative estimate of drug-likeness (QED) is 0.299. The Kier molecular flexibility index (Phi) is 5.92. The van der Waals surface area contributed by atoms with Crippen molar-refractivity contribution in [1.29, 1.82) is 0 Å². The van der Waals surface area contributed by atoms with Crippen molar-refractivity contribution in [2.75, 3.05) is 17.6 Å². The Balaban J connectivity index is 1.62. The molecule has 0 bridgehead atoms. The largest absolute Gasteiger partial charge is 0.383 e. The number of likely N-dealkylation sites (tertiary alicyclic amines) is 1. The number of nitrogens with two attached hydrogens (primary N) is 1. The molecule has 0 saturated carbocycles. The molecule has 4 rings (SSSR count). The van der Waals surface area contributed by atoms with Gasteiger partial charge in [-0.05, 0) is 46.9 Å². The number of fused-ring (bicyclic) bond motifs is 1. The van der Waals surface area contributed by atoms with E-state index in [4.69, 9.17) is 5.73 Å². The molecule has 0 aromatic carbocycles. The molecule has 0 aliphatic carbocycles. The molecule has 2 amide bonds. The Morgan fingerprint density at radius 3 is 2.80 bits per heavy atom. The number of aromatic nitrogens is 5. The summed E-state index contributed by atoms with van der Waals surface area (Å²) >= 11 is 2.19. The Morgan fingerprint density at radius 1 is 1.30 bits per heavy atom. The van der Waals surface area contributed by atoms with Crippen molar-refractivity contribution < 1.29 is 9.59 Å². The molecule has 3 aromatic rings. The molecule has 30 heavy (non-hydrogen) atoms. The van der Waals surface area contributed by atoms with Crippen molar-refractivity contribution in [2.24, 2.45) is 13.0 Å². The van der Waals surface area contributed by atoms with Gasteiger partial charge in [0.15, 0.2) is 0 Å². The summed E-state index contributed by atoms with van der Waals surface area (Å²) in [4.78, 5) is 31.9. The van der Waals surface area contributed by atoms with Crippen molar-refractivity contribution in [3.63, 3.8) is 0 Å². The van der Waals surface area contributed by atoms with E-state index in [1.807, 2.05) is 13.1 Å². The molecular weight excluding hydrogens is 518 g/mol. The van der Waals surface area contributed by atoms with Gasteiger partial charge in [-0.2, -0.15) is 10.2 Å². The lowest BCUT2D eigenvalue weighted by molar-refractivity contribution is -0.146. The first kappa shape index (κ1) is 21.0. The maximum Gasteiger partial charge on any atom is 0.314 e. The van der Waals surface area contributed by atoms with Crippen molar-refractivity contribution in [2.45, 2.75) is 25.8 Å². The fraction of sp³-hybridized carbons (Fsp3) is 0.389. The van der Waals surface area contributed by atoms with Crippen LogP contribution < -0.4 is 11.1 Å². The molecule has 4 heterocycles. The number of halogens is 1. The number of hydrogen-bond donors (Lipinski definition) is 2. The highest BCUT2D eigenvalue weighted by Crippen LogP contribution is 2.35. The SMILES string of the molecule is C[C@@H]1CC[C@H](c2ccnn2C)N(C(=O)C(=O)Nc2cnc(N)c3cnn(PI)c23)C1. The van der Waals surface area contributed by atoms with Gasteiger partial charge in [-0.25, -0.2) is 9.44 Å². The molecule has 3 N–H and O–H groups in total. The highest BCUT2D eigenvalue weighted by atomic mass is 127. The minimum atomic E-state index is -0.700. The van der Waals surface area contributed by atoms with E-state index in [-0.39, 0.29) is 6.04 Å². The molecule has 3 aromatic heterocycles. The van der Waals surface area contributed by atoms with Crippen LogP contribution >= 0.6 is 28.4 Å². The molecule has 158 valence electrons. The van der Waals surface area contributed by atoms with Gasteiger partial charge in [0, 0.05) is 19.8 Å². The normalized spacial score (nSPS) is 19.6. The highest BCUT2D eigenvalue weighted by Gasteiger charge is 2.35. The summed E-state index contributed by atoms with van der Waals surface area (Å²) < 4.78 is 3.49.